The van der Waals surface area contributed by atoms with E-state index in [9.17, 15) is 0 Å². The van der Waals surface area contributed by atoms with Gasteiger partial charge in [0.2, 0.25) is 0 Å². The fourth-order valence-electron chi connectivity index (χ4n) is 23.1. The van der Waals surface area contributed by atoms with E-state index in [2.05, 4.69) is 440 Å². The molecule has 0 atom stereocenters. The maximum Gasteiger partial charge on any atom is 0.0549 e. The average molecular weight is 1730 g/mol. The van der Waals surface area contributed by atoms with E-state index >= 15 is 0 Å². The van der Waals surface area contributed by atoms with E-state index in [1.807, 2.05) is 0 Å². The molecule has 21 rings (SSSR count). The van der Waals surface area contributed by atoms with Crippen molar-refractivity contribution in [2.24, 2.45) is 0 Å². The summed E-state index contributed by atoms with van der Waals surface area (Å²) in [6.07, 6.45) is 7.18. The lowest BCUT2D eigenvalue weighted by molar-refractivity contribution is 0.588. The van der Waals surface area contributed by atoms with Crippen LogP contribution in [0.5, 0.6) is 0 Å². The molecule has 0 N–H and O–H groups in total. The van der Waals surface area contributed by atoms with Crippen molar-refractivity contribution in [1.82, 2.24) is 27.4 Å². The lowest BCUT2D eigenvalue weighted by Crippen LogP contribution is -2.13. The largest absolute Gasteiger partial charge is 0.309 e. The zero-order chi connectivity index (χ0) is 93.3. The predicted octanol–water partition coefficient (Wildman–Crippen LogP) is 35.1. The van der Waals surface area contributed by atoms with Crippen LogP contribution < -0.4 is 0 Å². The highest BCUT2D eigenvalue weighted by Gasteiger charge is 2.29. The second-order valence-electron chi connectivity index (χ2n) is 42.1. The molecule has 0 fully saturated rings. The molecule has 6 heterocycles. The maximum atomic E-state index is 2.55. The summed E-state index contributed by atoms with van der Waals surface area (Å²) in [5, 5.41) is 15.7. The molecule has 0 saturated heterocycles. The quantitative estimate of drug-likeness (QED) is 0.117. The van der Waals surface area contributed by atoms with Crippen molar-refractivity contribution < 1.29 is 0 Å². The number of aryl methyl sites for hydroxylation is 22. The van der Waals surface area contributed by atoms with Crippen LogP contribution in [-0.4, -0.2) is 27.4 Å². The van der Waals surface area contributed by atoms with E-state index < -0.39 is 0 Å². The van der Waals surface area contributed by atoms with E-state index in [-0.39, 0.29) is 10.8 Å². The highest BCUT2D eigenvalue weighted by Crippen LogP contribution is 2.49. The van der Waals surface area contributed by atoms with Crippen molar-refractivity contribution in [2.75, 3.05) is 0 Å². The zero-order valence-corrected chi connectivity index (χ0v) is 83.7. The van der Waals surface area contributed by atoms with Gasteiger partial charge in [-0.05, 0) is 373 Å². The second kappa shape index (κ2) is 33.1. The van der Waals surface area contributed by atoms with Crippen LogP contribution in [0.1, 0.15) is 215 Å². The Bertz CT molecular complexity index is 7770. The SMILES string of the molecule is CCCCc1cc(C)c(-n2c3ccc(C)cc3c3cc4c(cc32)c2cc(C)ccc2n4-c2c(C)cc(CCCC)cc2C)c(C)c1.Cc1cc(C)c(-n2c3ccc(C)cc3c3cc4c(cc32)c2cc(C)ccc2n4-c2c(C)cc(C)cc2C)c(C)c1.Cc1ccc2c(c1)c1cc3c(cc1n2-c1c(C)cc(C(C)(C)C)cc1C)c1cc(C)ccc1n3-c1c(C)cc(C(C)(C)C)cc1C. The summed E-state index contributed by atoms with van der Waals surface area (Å²) >= 11 is 0. The number of fused-ring (bicyclic) bond motifs is 18. The van der Waals surface area contributed by atoms with Crippen LogP contribution in [0, 0.1) is 138 Å². The maximum absolute atomic E-state index is 2.55. The van der Waals surface area contributed by atoms with E-state index in [0.29, 0.717) is 0 Å². The third-order valence-corrected chi connectivity index (χ3v) is 29.0. The van der Waals surface area contributed by atoms with Crippen molar-refractivity contribution in [3.05, 3.63) is 352 Å². The van der Waals surface area contributed by atoms with Gasteiger partial charge < -0.3 is 27.4 Å². The molecule has 0 unspecified atom stereocenters. The van der Waals surface area contributed by atoms with Crippen LogP contribution in [0.15, 0.2) is 218 Å². The molecular weight excluding hydrogens is 1600 g/mol. The Morgan fingerprint density at radius 3 is 0.500 bits per heavy atom. The number of hydrogen-bond acceptors (Lipinski definition) is 0. The van der Waals surface area contributed by atoms with E-state index in [1.54, 1.807) is 0 Å². The van der Waals surface area contributed by atoms with Crippen molar-refractivity contribution >= 4 is 131 Å². The molecule has 0 bridgehead atoms. The summed E-state index contributed by atoms with van der Waals surface area (Å²) in [7, 11) is 0. The molecule has 0 aliphatic carbocycles. The minimum Gasteiger partial charge on any atom is -0.309 e. The summed E-state index contributed by atoms with van der Waals surface area (Å²) in [6.45, 7) is 63.3. The number of hydrogen-bond donors (Lipinski definition) is 0. The second-order valence-corrected chi connectivity index (χ2v) is 42.1. The van der Waals surface area contributed by atoms with E-state index in [4.69, 9.17) is 0 Å². The Balaban J connectivity index is 0.000000128. The van der Waals surface area contributed by atoms with Crippen molar-refractivity contribution in [3.63, 3.8) is 0 Å². The molecule has 6 nitrogen and oxygen atoms in total. The highest BCUT2D eigenvalue weighted by atomic mass is 15.0. The molecule has 6 heteroatoms. The van der Waals surface area contributed by atoms with Crippen LogP contribution in [-0.2, 0) is 23.7 Å². The molecule has 666 valence electrons. The molecule has 6 aromatic heterocycles. The number of rotatable bonds is 12. The molecule has 0 radical (unpaired) electrons. The summed E-state index contributed by atoms with van der Waals surface area (Å²) in [5.74, 6) is 0. The Hall–Kier alpha value is -12.9. The lowest BCUT2D eigenvalue weighted by Gasteiger charge is -2.23. The number of benzene rings is 15. The summed E-state index contributed by atoms with van der Waals surface area (Å²) in [4.78, 5) is 0. The van der Waals surface area contributed by atoms with Gasteiger partial charge in [-0.3, -0.25) is 0 Å². The first-order chi connectivity index (χ1) is 62.8. The average Bonchev–Trinajstić information content (AvgIpc) is 1.56. The predicted molar refractivity (Wildman–Crippen MR) is 575 cm³/mol. The molecule has 0 amide bonds. The standard InChI is InChI=1S/2C44H48N2.C38H36N2/c1-25-13-15-37-33(17-25)35-23-40-36(24-39(35)45(37)41-27(3)19-31(20-28(41)4)43(7,8)9)34-18-26(2)14-16-38(34)46(40)42-29(5)21-32(22-30(42)6)44(10,11)12;1-9-11-13-33-21-29(5)43(30(6)22-33)45-39-17-15-27(3)19-35(39)37-26-42-38(25-41(37)45)36-20-28(4)16-18-40(36)46(42)44-31(7)23-34(14-12-10-2)24-32(44)8;1-21-9-11-33-29(17-21)31-19-36-32(20-35(31)39(33)37-25(5)13-23(3)14-26(37)6)30-18-22(2)10-12-34(30)40(36)38-27(7)15-24(4)16-28(38)8/h13-24H,1-12H3;15-26H,9-14H2,1-8H3;9-20H,1-8H3. The summed E-state index contributed by atoms with van der Waals surface area (Å²) in [6, 6.07) is 85.1. The monoisotopic (exact) mass is 1730 g/mol. The van der Waals surface area contributed by atoms with Gasteiger partial charge in [0, 0.05) is 64.6 Å². The Labute approximate surface area is 782 Å². The highest BCUT2D eigenvalue weighted by molar-refractivity contribution is 6.23. The zero-order valence-electron chi connectivity index (χ0n) is 83.7. The molecule has 21 aromatic rings. The van der Waals surface area contributed by atoms with Crippen LogP contribution in [0.25, 0.3) is 165 Å². The normalized spacial score (nSPS) is 12.3. The number of aromatic nitrogens is 6. The Morgan fingerprint density at radius 2 is 0.333 bits per heavy atom. The third kappa shape index (κ3) is 14.9. The van der Waals surface area contributed by atoms with Crippen molar-refractivity contribution in [3.8, 4) is 34.1 Å². The van der Waals surface area contributed by atoms with Gasteiger partial charge in [-0.25, -0.2) is 0 Å². The van der Waals surface area contributed by atoms with E-state index in [0.717, 1.165) is 12.8 Å². The topological polar surface area (TPSA) is 29.6 Å². The first-order valence-corrected chi connectivity index (χ1v) is 48.5. The first kappa shape index (κ1) is 88.4. The van der Waals surface area contributed by atoms with Crippen molar-refractivity contribution in [2.45, 2.75) is 243 Å². The van der Waals surface area contributed by atoms with Crippen molar-refractivity contribution in [1.29, 1.82) is 0 Å². The molecule has 15 aromatic carbocycles. The Kier molecular flexibility index (Phi) is 22.2. The lowest BCUT2D eigenvalue weighted by atomic mass is 9.84. The molecular formula is C126H132N6. The van der Waals surface area contributed by atoms with Crippen LogP contribution in [0.3, 0.4) is 0 Å². The van der Waals surface area contributed by atoms with Gasteiger partial charge in [-0.1, -0.05) is 222 Å². The van der Waals surface area contributed by atoms with Gasteiger partial charge in [0.15, 0.2) is 0 Å². The summed E-state index contributed by atoms with van der Waals surface area (Å²) < 4.78 is 15.2. The number of unbranched alkanes of at least 4 members (excludes halogenated alkanes) is 2. The van der Waals surface area contributed by atoms with Gasteiger partial charge in [-0.2, -0.15) is 0 Å². The minimum atomic E-state index is 0.0964. The van der Waals surface area contributed by atoms with Gasteiger partial charge in [0.1, 0.15) is 0 Å². The molecule has 0 aliphatic heterocycles. The summed E-state index contributed by atoms with van der Waals surface area (Å²) in [5.41, 5.74) is 55.1. The minimum absolute atomic E-state index is 0.0964. The van der Waals surface area contributed by atoms with Gasteiger partial charge in [-0.15, -0.1) is 0 Å². The first-order valence-electron chi connectivity index (χ1n) is 48.5. The molecule has 0 aliphatic rings. The fourth-order valence-corrected chi connectivity index (χ4v) is 23.1. The molecule has 0 spiro atoms. The Morgan fingerprint density at radius 1 is 0.174 bits per heavy atom. The van der Waals surface area contributed by atoms with Crippen LogP contribution in [0.4, 0.5) is 0 Å². The van der Waals surface area contributed by atoms with Crippen LogP contribution in [0.2, 0.25) is 0 Å². The van der Waals surface area contributed by atoms with Crippen LogP contribution >= 0.6 is 0 Å². The fraction of sp³-hybridized carbons (Fsp3) is 0.286. The van der Waals surface area contributed by atoms with Gasteiger partial charge in [0.25, 0.3) is 0 Å². The third-order valence-electron chi connectivity index (χ3n) is 29.0. The smallest absolute Gasteiger partial charge is 0.0549 e. The molecule has 0 saturated carbocycles. The van der Waals surface area contributed by atoms with Gasteiger partial charge >= 0.3 is 0 Å². The van der Waals surface area contributed by atoms with E-state index in [1.165, 1.54) is 324 Å². The molecule has 132 heavy (non-hydrogen) atoms. The van der Waals surface area contributed by atoms with Gasteiger partial charge in [0.05, 0.1) is 100 Å². The number of nitrogens with zero attached hydrogens (tertiary/aromatic N) is 6.